The molecule has 0 aromatic heterocycles. The molecule has 80 valence electrons. The molecule has 1 amide bonds. The van der Waals surface area contributed by atoms with Gasteiger partial charge in [-0.3, -0.25) is 10.2 Å². The predicted molar refractivity (Wildman–Crippen MR) is 56.4 cm³/mol. The lowest BCUT2D eigenvalue weighted by molar-refractivity contribution is -0.131. The highest BCUT2D eigenvalue weighted by molar-refractivity contribution is 5.82. The first-order valence-corrected chi connectivity index (χ1v) is 4.89. The molecule has 0 radical (unpaired) electrons. The van der Waals surface area contributed by atoms with Crippen LogP contribution >= 0.6 is 0 Å². The minimum atomic E-state index is -0.398. The minimum absolute atomic E-state index is 0.101. The molecule has 0 aliphatic carbocycles. The summed E-state index contributed by atoms with van der Waals surface area (Å²) in [5, 5.41) is 1.62. The van der Waals surface area contributed by atoms with Crippen molar-refractivity contribution >= 4 is 5.91 Å². The van der Waals surface area contributed by atoms with E-state index in [-0.39, 0.29) is 5.91 Å². The van der Waals surface area contributed by atoms with Gasteiger partial charge in [-0.2, -0.15) is 0 Å². The standard InChI is InChI=1S/C11H14N2O2/c1-13(2)12-11(14)10-7-8-5-3-4-6-9(8)15-10/h3-6,10H,7H2,1-2H3,(H,12,14)/t10-/m0/s1. The fourth-order valence-corrected chi connectivity index (χ4v) is 1.62. The van der Waals surface area contributed by atoms with Crippen LogP contribution in [0.5, 0.6) is 5.75 Å². The van der Waals surface area contributed by atoms with Gasteiger partial charge in [0.15, 0.2) is 6.10 Å². The van der Waals surface area contributed by atoms with E-state index in [4.69, 9.17) is 4.74 Å². The summed E-state index contributed by atoms with van der Waals surface area (Å²) in [7, 11) is 3.56. The number of carbonyl (C=O) groups excluding carboxylic acids is 1. The fourth-order valence-electron chi connectivity index (χ4n) is 1.62. The van der Waals surface area contributed by atoms with E-state index in [1.807, 2.05) is 24.3 Å². The van der Waals surface area contributed by atoms with Crippen LogP contribution in [-0.4, -0.2) is 31.1 Å². The average Bonchev–Trinajstić information content (AvgIpc) is 2.59. The number of amides is 1. The number of fused-ring (bicyclic) bond motifs is 1. The molecule has 0 bridgehead atoms. The number of hydrogen-bond donors (Lipinski definition) is 1. The molecule has 15 heavy (non-hydrogen) atoms. The van der Waals surface area contributed by atoms with Crippen molar-refractivity contribution in [3.63, 3.8) is 0 Å². The number of carbonyl (C=O) groups is 1. The van der Waals surface area contributed by atoms with Crippen LogP contribution in [-0.2, 0) is 11.2 Å². The number of rotatable bonds is 2. The second-order valence-corrected chi connectivity index (χ2v) is 3.79. The average molecular weight is 206 g/mol. The normalized spacial score (nSPS) is 18.5. The molecular weight excluding hydrogens is 192 g/mol. The molecule has 1 N–H and O–H groups in total. The molecule has 4 nitrogen and oxygen atoms in total. The monoisotopic (exact) mass is 206 g/mol. The van der Waals surface area contributed by atoms with Gasteiger partial charge in [0.1, 0.15) is 5.75 Å². The summed E-state index contributed by atoms with van der Waals surface area (Å²) in [4.78, 5) is 11.6. The third-order valence-electron chi connectivity index (χ3n) is 2.27. The van der Waals surface area contributed by atoms with Gasteiger partial charge in [-0.25, -0.2) is 5.01 Å². The van der Waals surface area contributed by atoms with Crippen molar-refractivity contribution in [3.05, 3.63) is 29.8 Å². The van der Waals surface area contributed by atoms with Crippen molar-refractivity contribution in [2.75, 3.05) is 14.1 Å². The zero-order valence-electron chi connectivity index (χ0n) is 8.86. The molecule has 0 spiro atoms. The molecule has 1 aliphatic heterocycles. The number of nitrogens with zero attached hydrogens (tertiary/aromatic N) is 1. The van der Waals surface area contributed by atoms with Crippen LogP contribution < -0.4 is 10.2 Å². The smallest absolute Gasteiger partial charge is 0.275 e. The topological polar surface area (TPSA) is 41.6 Å². The van der Waals surface area contributed by atoms with Gasteiger partial charge in [0.05, 0.1) is 0 Å². The molecule has 0 fully saturated rings. The summed E-state index contributed by atoms with van der Waals surface area (Å²) in [5.41, 5.74) is 3.78. The predicted octanol–water partition coefficient (Wildman–Crippen LogP) is 0.583. The van der Waals surface area contributed by atoms with E-state index >= 15 is 0 Å². The quantitative estimate of drug-likeness (QED) is 0.720. The Morgan fingerprint density at radius 1 is 1.47 bits per heavy atom. The zero-order valence-corrected chi connectivity index (χ0v) is 8.86. The second kappa shape index (κ2) is 3.90. The van der Waals surface area contributed by atoms with Crippen LogP contribution in [0.15, 0.2) is 24.3 Å². The Kier molecular flexibility index (Phi) is 2.60. The van der Waals surface area contributed by atoms with Crippen LogP contribution in [0.4, 0.5) is 0 Å². The van der Waals surface area contributed by atoms with Crippen molar-refractivity contribution in [2.24, 2.45) is 0 Å². The summed E-state index contributed by atoms with van der Waals surface area (Å²) < 4.78 is 5.53. The minimum Gasteiger partial charge on any atom is -0.480 e. The molecule has 1 heterocycles. The van der Waals surface area contributed by atoms with Crippen LogP contribution in [0.2, 0.25) is 0 Å². The highest BCUT2D eigenvalue weighted by Gasteiger charge is 2.28. The second-order valence-electron chi connectivity index (χ2n) is 3.79. The van der Waals surface area contributed by atoms with Crippen LogP contribution in [0.3, 0.4) is 0 Å². The fraction of sp³-hybridized carbons (Fsp3) is 0.364. The van der Waals surface area contributed by atoms with Gasteiger partial charge in [-0.05, 0) is 11.6 Å². The van der Waals surface area contributed by atoms with Gasteiger partial charge in [0.2, 0.25) is 0 Å². The van der Waals surface area contributed by atoms with E-state index in [0.29, 0.717) is 6.42 Å². The van der Waals surface area contributed by atoms with Crippen LogP contribution in [0, 0.1) is 0 Å². The SMILES string of the molecule is CN(C)NC(=O)[C@@H]1Cc2ccccc2O1. The molecule has 0 saturated heterocycles. The van der Waals surface area contributed by atoms with Gasteiger partial charge < -0.3 is 4.74 Å². The molecule has 0 unspecified atom stereocenters. The highest BCUT2D eigenvalue weighted by Crippen LogP contribution is 2.27. The van der Waals surface area contributed by atoms with Crippen molar-refractivity contribution in [3.8, 4) is 5.75 Å². The number of ether oxygens (including phenoxy) is 1. The zero-order chi connectivity index (χ0) is 10.8. The maximum absolute atomic E-state index is 11.6. The Bertz CT molecular complexity index is 352. The third-order valence-corrected chi connectivity index (χ3v) is 2.27. The number of para-hydroxylation sites is 1. The Hall–Kier alpha value is -1.55. The highest BCUT2D eigenvalue weighted by atomic mass is 16.5. The molecule has 1 aliphatic rings. The number of benzene rings is 1. The molecule has 0 saturated carbocycles. The lowest BCUT2D eigenvalue weighted by atomic mass is 10.1. The van der Waals surface area contributed by atoms with Gasteiger partial charge in [0, 0.05) is 20.5 Å². The van der Waals surface area contributed by atoms with E-state index in [1.54, 1.807) is 19.1 Å². The van der Waals surface area contributed by atoms with Crippen LogP contribution in [0.1, 0.15) is 5.56 Å². The molecule has 2 rings (SSSR count). The van der Waals surface area contributed by atoms with Gasteiger partial charge in [-0.1, -0.05) is 18.2 Å². The molecular formula is C11H14N2O2. The largest absolute Gasteiger partial charge is 0.480 e. The first-order valence-electron chi connectivity index (χ1n) is 4.89. The molecule has 1 aromatic carbocycles. The lowest BCUT2D eigenvalue weighted by Crippen LogP contribution is -2.44. The number of hydrogen-bond acceptors (Lipinski definition) is 3. The summed E-state index contributed by atoms with van der Waals surface area (Å²) in [5.74, 6) is 0.715. The van der Waals surface area contributed by atoms with Crippen molar-refractivity contribution < 1.29 is 9.53 Å². The summed E-state index contributed by atoms with van der Waals surface area (Å²) in [6.45, 7) is 0. The summed E-state index contributed by atoms with van der Waals surface area (Å²) in [6, 6.07) is 7.73. The Balaban J connectivity index is 2.04. The van der Waals surface area contributed by atoms with E-state index in [0.717, 1.165) is 11.3 Å². The Labute approximate surface area is 88.8 Å². The van der Waals surface area contributed by atoms with Gasteiger partial charge in [0.25, 0.3) is 5.91 Å². The van der Waals surface area contributed by atoms with Crippen molar-refractivity contribution in [1.29, 1.82) is 0 Å². The first kappa shape index (κ1) is 9.98. The van der Waals surface area contributed by atoms with Crippen LogP contribution in [0.25, 0.3) is 0 Å². The van der Waals surface area contributed by atoms with Crippen molar-refractivity contribution in [2.45, 2.75) is 12.5 Å². The van der Waals surface area contributed by atoms with Gasteiger partial charge in [-0.15, -0.1) is 0 Å². The maximum atomic E-state index is 11.6. The molecule has 1 aromatic rings. The molecule has 4 heteroatoms. The summed E-state index contributed by atoms with van der Waals surface area (Å²) in [6.07, 6.45) is 0.250. The Morgan fingerprint density at radius 2 is 2.20 bits per heavy atom. The maximum Gasteiger partial charge on any atom is 0.275 e. The van der Waals surface area contributed by atoms with Gasteiger partial charge >= 0.3 is 0 Å². The van der Waals surface area contributed by atoms with E-state index in [2.05, 4.69) is 5.43 Å². The Morgan fingerprint density at radius 3 is 2.87 bits per heavy atom. The summed E-state index contributed by atoms with van der Waals surface area (Å²) >= 11 is 0. The lowest BCUT2D eigenvalue weighted by Gasteiger charge is -2.15. The van der Waals surface area contributed by atoms with E-state index < -0.39 is 6.10 Å². The first-order chi connectivity index (χ1) is 7.16. The van der Waals surface area contributed by atoms with E-state index in [1.165, 1.54) is 0 Å². The number of nitrogens with one attached hydrogen (secondary N) is 1. The number of hydrazine groups is 1. The third kappa shape index (κ3) is 2.10. The van der Waals surface area contributed by atoms with E-state index in [9.17, 15) is 4.79 Å². The van der Waals surface area contributed by atoms with Crippen molar-refractivity contribution in [1.82, 2.24) is 10.4 Å². The molecule has 1 atom stereocenters.